The fourth-order valence-electron chi connectivity index (χ4n) is 3.84. The van der Waals surface area contributed by atoms with Crippen LogP contribution in [-0.4, -0.2) is 13.1 Å². The first-order valence-electron chi connectivity index (χ1n) is 7.14. The Labute approximate surface area is 101 Å². The maximum absolute atomic E-state index is 3.65. The Morgan fingerprint density at radius 3 is 2.62 bits per heavy atom. The monoisotopic (exact) mass is 223 g/mol. The van der Waals surface area contributed by atoms with Crippen molar-refractivity contribution in [3.8, 4) is 0 Å². The molecule has 0 saturated heterocycles. The predicted molar refractivity (Wildman–Crippen MR) is 70.5 cm³/mol. The van der Waals surface area contributed by atoms with Crippen LogP contribution >= 0.6 is 0 Å². The summed E-state index contributed by atoms with van der Waals surface area (Å²) in [4.78, 5) is 0. The lowest BCUT2D eigenvalue weighted by molar-refractivity contribution is 0.151. The van der Waals surface area contributed by atoms with Gasteiger partial charge in [0.15, 0.2) is 0 Å². The highest BCUT2D eigenvalue weighted by atomic mass is 14.9. The Bertz CT molecular complexity index is 244. The summed E-state index contributed by atoms with van der Waals surface area (Å²) in [7, 11) is 0. The topological polar surface area (TPSA) is 12.0 Å². The molecule has 0 aromatic rings. The Morgan fingerprint density at radius 2 is 2.00 bits per heavy atom. The van der Waals surface area contributed by atoms with Gasteiger partial charge in [0.25, 0.3) is 0 Å². The summed E-state index contributed by atoms with van der Waals surface area (Å²) in [6, 6.07) is 0. The molecule has 0 heterocycles. The first-order chi connectivity index (χ1) is 7.44. The van der Waals surface area contributed by atoms with E-state index in [-0.39, 0.29) is 0 Å². The van der Waals surface area contributed by atoms with Crippen molar-refractivity contribution >= 4 is 0 Å². The van der Waals surface area contributed by atoms with Gasteiger partial charge in [-0.15, -0.1) is 0 Å². The highest BCUT2D eigenvalue weighted by molar-refractivity contribution is 5.07. The zero-order valence-corrected chi connectivity index (χ0v) is 11.6. The molecule has 2 aliphatic rings. The van der Waals surface area contributed by atoms with E-state index in [2.05, 4.69) is 33.0 Å². The Morgan fingerprint density at radius 1 is 1.25 bits per heavy atom. The van der Waals surface area contributed by atoms with Crippen LogP contribution in [0.15, 0.2) is 0 Å². The molecular weight excluding hydrogens is 194 g/mol. The van der Waals surface area contributed by atoms with Crippen LogP contribution in [0.3, 0.4) is 0 Å². The molecule has 94 valence electrons. The second kappa shape index (κ2) is 4.33. The molecule has 1 N–H and O–H groups in total. The molecule has 0 bridgehead atoms. The third-order valence-electron chi connectivity index (χ3n) is 4.66. The largest absolute Gasteiger partial charge is 0.316 e. The summed E-state index contributed by atoms with van der Waals surface area (Å²) in [5.41, 5.74) is 1.37. The molecule has 0 amide bonds. The molecule has 2 saturated carbocycles. The van der Waals surface area contributed by atoms with Crippen LogP contribution in [0.4, 0.5) is 0 Å². The van der Waals surface area contributed by atoms with Gasteiger partial charge in [-0.2, -0.15) is 0 Å². The fraction of sp³-hybridized carbons (Fsp3) is 1.00. The van der Waals surface area contributed by atoms with E-state index in [0.717, 1.165) is 17.3 Å². The van der Waals surface area contributed by atoms with Crippen molar-refractivity contribution in [2.75, 3.05) is 13.1 Å². The van der Waals surface area contributed by atoms with Crippen LogP contribution in [0.2, 0.25) is 0 Å². The summed E-state index contributed by atoms with van der Waals surface area (Å²) < 4.78 is 0. The molecule has 1 nitrogen and oxygen atoms in total. The van der Waals surface area contributed by atoms with Gasteiger partial charge in [-0.25, -0.2) is 0 Å². The fourth-order valence-corrected chi connectivity index (χ4v) is 3.84. The molecule has 16 heavy (non-hydrogen) atoms. The van der Waals surface area contributed by atoms with E-state index in [1.807, 2.05) is 0 Å². The zero-order valence-electron chi connectivity index (χ0n) is 11.6. The normalized spacial score (nSPS) is 36.9. The molecule has 2 rings (SSSR count). The lowest BCUT2D eigenvalue weighted by atomic mass is 9.69. The Balaban J connectivity index is 1.76. The van der Waals surface area contributed by atoms with Crippen molar-refractivity contribution in [1.82, 2.24) is 5.32 Å². The van der Waals surface area contributed by atoms with Crippen molar-refractivity contribution in [1.29, 1.82) is 0 Å². The van der Waals surface area contributed by atoms with Gasteiger partial charge in [-0.1, -0.05) is 34.1 Å². The first-order valence-corrected chi connectivity index (χ1v) is 7.14. The second-order valence-electron chi connectivity index (χ2n) is 7.51. The maximum atomic E-state index is 3.65. The maximum Gasteiger partial charge on any atom is -0.00149 e. The van der Waals surface area contributed by atoms with Crippen LogP contribution in [0.1, 0.15) is 59.8 Å². The second-order valence-corrected chi connectivity index (χ2v) is 7.51. The van der Waals surface area contributed by atoms with Gasteiger partial charge in [-0.3, -0.25) is 0 Å². The van der Waals surface area contributed by atoms with Crippen molar-refractivity contribution in [2.24, 2.45) is 22.7 Å². The van der Waals surface area contributed by atoms with Crippen LogP contribution in [0.5, 0.6) is 0 Å². The summed E-state index contributed by atoms with van der Waals surface area (Å²) >= 11 is 0. The third kappa shape index (κ3) is 2.80. The smallest absolute Gasteiger partial charge is 0.00149 e. The van der Waals surface area contributed by atoms with Gasteiger partial charge in [0.2, 0.25) is 0 Å². The van der Waals surface area contributed by atoms with Gasteiger partial charge in [0.1, 0.15) is 0 Å². The van der Waals surface area contributed by atoms with Crippen LogP contribution in [0, 0.1) is 22.7 Å². The molecule has 1 heteroatoms. The molecule has 2 unspecified atom stereocenters. The van der Waals surface area contributed by atoms with E-state index in [1.165, 1.54) is 45.2 Å². The standard InChI is InChI=1S/C15H29N/c1-12(2)9-16-10-13-8-15(13)7-5-6-14(3,4)11-15/h12-13,16H,5-11H2,1-4H3. The quantitative estimate of drug-likeness (QED) is 0.763. The van der Waals surface area contributed by atoms with Gasteiger partial charge in [0.05, 0.1) is 0 Å². The van der Waals surface area contributed by atoms with Gasteiger partial charge in [0, 0.05) is 0 Å². The van der Waals surface area contributed by atoms with E-state index in [0.29, 0.717) is 5.41 Å². The number of nitrogens with one attached hydrogen (secondary N) is 1. The first kappa shape index (κ1) is 12.4. The molecular formula is C15H29N. The van der Waals surface area contributed by atoms with Gasteiger partial charge in [-0.05, 0) is 61.4 Å². The van der Waals surface area contributed by atoms with Crippen molar-refractivity contribution < 1.29 is 0 Å². The molecule has 0 aromatic carbocycles. The lowest BCUT2D eigenvalue weighted by Crippen LogP contribution is -2.28. The highest BCUT2D eigenvalue weighted by Crippen LogP contribution is 2.64. The van der Waals surface area contributed by atoms with Crippen LogP contribution < -0.4 is 5.32 Å². The molecule has 2 aliphatic carbocycles. The summed E-state index contributed by atoms with van der Waals surface area (Å²) in [5.74, 6) is 1.78. The third-order valence-corrected chi connectivity index (χ3v) is 4.66. The van der Waals surface area contributed by atoms with E-state index in [9.17, 15) is 0 Å². The number of rotatable bonds is 4. The zero-order chi connectivity index (χ0) is 11.8. The van der Waals surface area contributed by atoms with E-state index >= 15 is 0 Å². The van der Waals surface area contributed by atoms with Gasteiger partial charge < -0.3 is 5.32 Å². The minimum atomic E-state index is 0.616. The SMILES string of the molecule is CC(C)CNCC1CC12CCCC(C)(C)C2. The van der Waals surface area contributed by atoms with Crippen molar-refractivity contribution in [3.05, 3.63) is 0 Å². The average Bonchev–Trinajstić information content (AvgIpc) is 2.75. The van der Waals surface area contributed by atoms with E-state index in [1.54, 1.807) is 0 Å². The minimum Gasteiger partial charge on any atom is -0.316 e. The molecule has 0 radical (unpaired) electrons. The lowest BCUT2D eigenvalue weighted by Gasteiger charge is -2.36. The summed E-state index contributed by atoms with van der Waals surface area (Å²) in [6.45, 7) is 12.0. The molecule has 1 spiro atoms. The molecule has 2 atom stereocenters. The van der Waals surface area contributed by atoms with E-state index in [4.69, 9.17) is 0 Å². The summed E-state index contributed by atoms with van der Waals surface area (Å²) in [5, 5.41) is 3.65. The molecule has 0 aromatic heterocycles. The average molecular weight is 223 g/mol. The predicted octanol–water partition coefficient (Wildman–Crippen LogP) is 3.84. The number of hydrogen-bond acceptors (Lipinski definition) is 1. The number of hydrogen-bond donors (Lipinski definition) is 1. The van der Waals surface area contributed by atoms with Crippen molar-refractivity contribution in [3.63, 3.8) is 0 Å². The minimum absolute atomic E-state index is 0.616. The van der Waals surface area contributed by atoms with Crippen LogP contribution in [-0.2, 0) is 0 Å². The molecule has 0 aliphatic heterocycles. The Kier molecular flexibility index (Phi) is 3.36. The molecule has 2 fully saturated rings. The van der Waals surface area contributed by atoms with Gasteiger partial charge >= 0.3 is 0 Å². The summed E-state index contributed by atoms with van der Waals surface area (Å²) in [6.07, 6.45) is 7.40. The Hall–Kier alpha value is -0.0400. The van der Waals surface area contributed by atoms with Crippen LogP contribution in [0.25, 0.3) is 0 Å². The van der Waals surface area contributed by atoms with Crippen molar-refractivity contribution in [2.45, 2.75) is 59.8 Å². The van der Waals surface area contributed by atoms with E-state index < -0.39 is 0 Å². The highest BCUT2D eigenvalue weighted by Gasteiger charge is 2.56.